The van der Waals surface area contributed by atoms with Crippen LogP contribution in [0.3, 0.4) is 0 Å². The molecule has 182 valence electrons. The molecular weight excluding hydrogens is 440 g/mol. The molecule has 0 radical (unpaired) electrons. The molecular formula is C28H32N4O3. The Bertz CT molecular complexity index is 1200. The van der Waals surface area contributed by atoms with Gasteiger partial charge in [0.15, 0.2) is 0 Å². The summed E-state index contributed by atoms with van der Waals surface area (Å²) in [4.78, 5) is 39.5. The van der Waals surface area contributed by atoms with Gasteiger partial charge in [0, 0.05) is 55.5 Å². The Balaban J connectivity index is 1.18. The second-order valence-corrected chi connectivity index (χ2v) is 9.03. The molecule has 3 N–H and O–H groups in total. The number of carbonyl (C=O) groups is 3. The first kappa shape index (κ1) is 24.3. The van der Waals surface area contributed by atoms with Crippen molar-refractivity contribution in [3.05, 3.63) is 72.3 Å². The molecule has 0 spiro atoms. The summed E-state index contributed by atoms with van der Waals surface area (Å²) in [6, 6.07) is 20.9. The van der Waals surface area contributed by atoms with Crippen LogP contribution in [0.4, 0.5) is 11.4 Å². The van der Waals surface area contributed by atoms with Crippen molar-refractivity contribution in [3.8, 4) is 0 Å². The van der Waals surface area contributed by atoms with Gasteiger partial charge in [0.25, 0.3) is 5.91 Å². The molecule has 7 nitrogen and oxygen atoms in total. The molecule has 1 atom stereocenters. The number of rotatable bonds is 9. The molecule has 1 aliphatic rings. The number of hydrogen-bond donors (Lipinski definition) is 3. The first-order valence-corrected chi connectivity index (χ1v) is 12.2. The first-order valence-electron chi connectivity index (χ1n) is 12.2. The van der Waals surface area contributed by atoms with Crippen LogP contribution in [0.2, 0.25) is 0 Å². The van der Waals surface area contributed by atoms with Gasteiger partial charge >= 0.3 is 0 Å². The van der Waals surface area contributed by atoms with Crippen LogP contribution in [0.25, 0.3) is 10.8 Å². The van der Waals surface area contributed by atoms with Crippen LogP contribution in [-0.2, 0) is 9.59 Å². The Morgan fingerprint density at radius 3 is 2.46 bits per heavy atom. The fraction of sp³-hybridized carbons (Fsp3) is 0.321. The average Bonchev–Trinajstić information content (AvgIpc) is 3.39. The molecule has 35 heavy (non-hydrogen) atoms. The molecule has 1 saturated heterocycles. The summed E-state index contributed by atoms with van der Waals surface area (Å²) in [7, 11) is 0. The second-order valence-electron chi connectivity index (χ2n) is 9.03. The van der Waals surface area contributed by atoms with E-state index in [1.165, 1.54) is 12.8 Å². The summed E-state index contributed by atoms with van der Waals surface area (Å²) in [6.45, 7) is 4.11. The normalized spacial score (nSPS) is 13.9. The molecule has 0 saturated carbocycles. The van der Waals surface area contributed by atoms with Crippen molar-refractivity contribution < 1.29 is 14.4 Å². The van der Waals surface area contributed by atoms with E-state index in [0.717, 1.165) is 35.2 Å². The molecule has 3 amide bonds. The third-order valence-corrected chi connectivity index (χ3v) is 6.15. The van der Waals surface area contributed by atoms with Crippen LogP contribution in [0, 0.1) is 0 Å². The monoisotopic (exact) mass is 472 g/mol. The van der Waals surface area contributed by atoms with Crippen molar-refractivity contribution in [3.63, 3.8) is 0 Å². The maximum Gasteiger partial charge on any atom is 0.251 e. The molecule has 0 bridgehead atoms. The van der Waals surface area contributed by atoms with Crippen molar-refractivity contribution in [1.82, 2.24) is 10.6 Å². The lowest BCUT2D eigenvalue weighted by atomic mass is 10.1. The van der Waals surface area contributed by atoms with Gasteiger partial charge in [0.2, 0.25) is 11.8 Å². The first-order chi connectivity index (χ1) is 17.0. The Hall–Kier alpha value is -3.87. The van der Waals surface area contributed by atoms with Crippen LogP contribution in [-0.4, -0.2) is 43.4 Å². The Labute approximate surface area is 205 Å². The Morgan fingerprint density at radius 1 is 0.886 bits per heavy atom. The lowest BCUT2D eigenvalue weighted by Crippen LogP contribution is -2.37. The Kier molecular flexibility index (Phi) is 7.98. The summed E-state index contributed by atoms with van der Waals surface area (Å²) in [5, 5.41) is 10.6. The third-order valence-electron chi connectivity index (χ3n) is 6.15. The number of fused-ring (bicyclic) bond motifs is 1. The molecule has 3 aromatic carbocycles. The highest BCUT2D eigenvalue weighted by Gasteiger charge is 2.15. The number of benzene rings is 3. The number of carbonyl (C=O) groups excluding carboxylic acids is 3. The van der Waals surface area contributed by atoms with Gasteiger partial charge in [-0.15, -0.1) is 0 Å². The largest absolute Gasteiger partial charge is 0.371 e. The van der Waals surface area contributed by atoms with E-state index in [1.807, 2.05) is 54.6 Å². The third kappa shape index (κ3) is 6.82. The van der Waals surface area contributed by atoms with E-state index in [9.17, 15) is 14.4 Å². The van der Waals surface area contributed by atoms with Gasteiger partial charge in [-0.1, -0.05) is 36.4 Å². The van der Waals surface area contributed by atoms with Gasteiger partial charge in [-0.3, -0.25) is 14.4 Å². The summed E-state index contributed by atoms with van der Waals surface area (Å²) >= 11 is 0. The lowest BCUT2D eigenvalue weighted by Gasteiger charge is -2.19. The van der Waals surface area contributed by atoms with Gasteiger partial charge in [-0.2, -0.15) is 0 Å². The van der Waals surface area contributed by atoms with E-state index >= 15 is 0 Å². The van der Waals surface area contributed by atoms with Gasteiger partial charge < -0.3 is 20.9 Å². The average molecular weight is 473 g/mol. The van der Waals surface area contributed by atoms with E-state index in [2.05, 4.69) is 26.9 Å². The quantitative estimate of drug-likeness (QED) is 0.438. The van der Waals surface area contributed by atoms with Crippen molar-refractivity contribution in [2.45, 2.75) is 38.6 Å². The molecule has 0 aromatic heterocycles. The summed E-state index contributed by atoms with van der Waals surface area (Å²) in [5.74, 6) is -0.576. The highest BCUT2D eigenvalue weighted by molar-refractivity contribution is 5.98. The predicted molar refractivity (Wildman–Crippen MR) is 140 cm³/mol. The fourth-order valence-electron chi connectivity index (χ4n) is 4.37. The van der Waals surface area contributed by atoms with Crippen molar-refractivity contribution >= 4 is 39.9 Å². The molecule has 7 heteroatoms. The molecule has 0 aliphatic carbocycles. The molecule has 1 unspecified atom stereocenters. The predicted octanol–water partition coefficient (Wildman–Crippen LogP) is 4.09. The minimum Gasteiger partial charge on any atom is -0.371 e. The SMILES string of the molecule is CC(CC(=O)Nc1cccc(N2CCCC2)c1)NC(=O)CCNC(=O)c1ccc2ccccc2c1. The second kappa shape index (κ2) is 11.5. The van der Waals surface area contributed by atoms with E-state index in [4.69, 9.17) is 0 Å². The van der Waals surface area contributed by atoms with Gasteiger partial charge in [-0.25, -0.2) is 0 Å². The van der Waals surface area contributed by atoms with Crippen molar-refractivity contribution in [2.24, 2.45) is 0 Å². The van der Waals surface area contributed by atoms with E-state index in [1.54, 1.807) is 13.0 Å². The smallest absolute Gasteiger partial charge is 0.251 e. The number of amides is 3. The molecule has 1 aliphatic heterocycles. The van der Waals surface area contributed by atoms with Crippen LogP contribution in [0.15, 0.2) is 66.7 Å². The van der Waals surface area contributed by atoms with Crippen LogP contribution >= 0.6 is 0 Å². The van der Waals surface area contributed by atoms with Gasteiger partial charge in [0.1, 0.15) is 0 Å². The zero-order valence-corrected chi connectivity index (χ0v) is 20.0. The lowest BCUT2D eigenvalue weighted by molar-refractivity contribution is -0.122. The molecule has 1 heterocycles. The summed E-state index contributed by atoms with van der Waals surface area (Å²) < 4.78 is 0. The molecule has 3 aromatic rings. The zero-order chi connectivity index (χ0) is 24.6. The standard InChI is InChI=1S/C28H32N4O3/c1-20(17-27(34)31-24-9-6-10-25(19-24)32-15-4-5-16-32)30-26(33)13-14-29-28(35)23-12-11-21-7-2-3-8-22(21)18-23/h2-3,6-12,18-20H,4-5,13-17H2,1H3,(H,29,35)(H,30,33)(H,31,34). The van der Waals surface area contributed by atoms with Crippen LogP contribution < -0.4 is 20.9 Å². The summed E-state index contributed by atoms with van der Waals surface area (Å²) in [6.07, 6.45) is 2.70. The number of nitrogens with one attached hydrogen (secondary N) is 3. The highest BCUT2D eigenvalue weighted by atomic mass is 16.2. The number of nitrogens with zero attached hydrogens (tertiary/aromatic N) is 1. The fourth-order valence-corrected chi connectivity index (χ4v) is 4.37. The van der Waals surface area contributed by atoms with E-state index < -0.39 is 0 Å². The Morgan fingerprint density at radius 2 is 1.66 bits per heavy atom. The maximum atomic E-state index is 12.5. The highest BCUT2D eigenvalue weighted by Crippen LogP contribution is 2.23. The van der Waals surface area contributed by atoms with Crippen molar-refractivity contribution in [1.29, 1.82) is 0 Å². The van der Waals surface area contributed by atoms with Crippen LogP contribution in [0.5, 0.6) is 0 Å². The number of anilines is 2. The zero-order valence-electron chi connectivity index (χ0n) is 20.0. The van der Waals surface area contributed by atoms with E-state index in [0.29, 0.717) is 5.56 Å². The van der Waals surface area contributed by atoms with Gasteiger partial charge in [-0.05, 0) is 60.9 Å². The van der Waals surface area contributed by atoms with Crippen molar-refractivity contribution in [2.75, 3.05) is 29.9 Å². The molecule has 4 rings (SSSR count). The minimum absolute atomic E-state index is 0.142. The summed E-state index contributed by atoms with van der Waals surface area (Å²) in [5.41, 5.74) is 2.43. The van der Waals surface area contributed by atoms with Crippen LogP contribution in [0.1, 0.15) is 43.0 Å². The van der Waals surface area contributed by atoms with Gasteiger partial charge in [0.05, 0.1) is 0 Å². The topological polar surface area (TPSA) is 90.5 Å². The number of hydrogen-bond acceptors (Lipinski definition) is 4. The van der Waals surface area contributed by atoms with E-state index in [-0.39, 0.29) is 43.1 Å². The molecule has 1 fully saturated rings. The minimum atomic E-state index is -0.319. The maximum absolute atomic E-state index is 12.5.